The number of aromatic nitrogens is 1. The van der Waals surface area contributed by atoms with E-state index in [1.54, 1.807) is 10.6 Å². The molecule has 5 nitrogen and oxygen atoms in total. The van der Waals surface area contributed by atoms with Gasteiger partial charge in [-0.1, -0.05) is 70.5 Å². The lowest BCUT2D eigenvalue weighted by molar-refractivity contribution is -0.119. The number of nitrogens with zero attached hydrogens (tertiary/aromatic N) is 1. The zero-order chi connectivity index (χ0) is 23.5. The highest BCUT2D eigenvalue weighted by atomic mass is 79.9. The number of hydrogen-bond acceptors (Lipinski definition) is 3. The van der Waals surface area contributed by atoms with Gasteiger partial charge in [0.05, 0.1) is 12.2 Å². The van der Waals surface area contributed by atoms with Crippen LogP contribution in [-0.2, 0) is 17.9 Å². The van der Waals surface area contributed by atoms with Crippen molar-refractivity contribution in [3.05, 3.63) is 104 Å². The largest absolute Gasteiger partial charge is 0.352 e. The second kappa shape index (κ2) is 9.55. The Balaban J connectivity index is 1.90. The minimum atomic E-state index is -0.204. The van der Waals surface area contributed by atoms with Gasteiger partial charge in [-0.05, 0) is 40.3 Å². The molecule has 166 valence electrons. The number of halogens is 1. The molecule has 0 spiro atoms. The van der Waals surface area contributed by atoms with Crippen molar-refractivity contribution in [1.29, 1.82) is 0 Å². The predicted molar refractivity (Wildman–Crippen MR) is 134 cm³/mol. The lowest BCUT2D eigenvalue weighted by Gasteiger charge is -2.19. The molecule has 0 bridgehead atoms. The normalized spacial score (nSPS) is 10.9. The van der Waals surface area contributed by atoms with Crippen molar-refractivity contribution in [2.75, 3.05) is 0 Å². The monoisotopic (exact) mass is 502 g/mol. The molecule has 0 fully saturated rings. The number of carbonyl (C=O) groups excluding carboxylic acids is 2. The van der Waals surface area contributed by atoms with E-state index >= 15 is 0 Å². The fourth-order valence-electron chi connectivity index (χ4n) is 4.00. The molecule has 0 radical (unpaired) electrons. The van der Waals surface area contributed by atoms with Gasteiger partial charge in [0.25, 0.3) is 5.56 Å². The Bertz CT molecular complexity index is 1410. The maximum atomic E-state index is 13.5. The first-order valence-electron chi connectivity index (χ1n) is 10.6. The fraction of sp³-hybridized carbons (Fsp3) is 0.148. The summed E-state index contributed by atoms with van der Waals surface area (Å²) in [5.74, 6) is -0.261. The maximum Gasteiger partial charge on any atom is 0.259 e. The molecule has 1 aromatic heterocycles. The molecule has 1 amide bonds. The predicted octanol–water partition coefficient (Wildman–Crippen LogP) is 5.32. The molecular weight excluding hydrogens is 480 g/mol. The molecule has 6 heteroatoms. The number of benzene rings is 3. The summed E-state index contributed by atoms with van der Waals surface area (Å²) in [6.07, 6.45) is 0. The second-order valence-corrected chi connectivity index (χ2v) is 8.87. The summed E-state index contributed by atoms with van der Waals surface area (Å²) >= 11 is 3.51. The number of pyridine rings is 1. The van der Waals surface area contributed by atoms with Gasteiger partial charge in [0, 0.05) is 35.8 Å². The van der Waals surface area contributed by atoms with Crippen LogP contribution in [0.1, 0.15) is 35.5 Å². The molecule has 0 aliphatic rings. The van der Waals surface area contributed by atoms with E-state index in [9.17, 15) is 14.4 Å². The van der Waals surface area contributed by atoms with Crippen LogP contribution in [0.3, 0.4) is 0 Å². The van der Waals surface area contributed by atoms with Gasteiger partial charge in [-0.2, -0.15) is 0 Å². The van der Waals surface area contributed by atoms with Crippen LogP contribution in [0.15, 0.2) is 82.1 Å². The summed E-state index contributed by atoms with van der Waals surface area (Å²) in [5, 5.41) is 4.07. The quantitative estimate of drug-likeness (QED) is 0.363. The maximum absolute atomic E-state index is 13.5. The van der Waals surface area contributed by atoms with Gasteiger partial charge in [0.15, 0.2) is 5.78 Å². The van der Waals surface area contributed by atoms with E-state index in [0.29, 0.717) is 17.6 Å². The van der Waals surface area contributed by atoms with Crippen LogP contribution in [0.4, 0.5) is 0 Å². The van der Waals surface area contributed by atoms with Gasteiger partial charge >= 0.3 is 0 Å². The van der Waals surface area contributed by atoms with Crippen LogP contribution in [-0.4, -0.2) is 16.3 Å². The number of Topliss-reactive ketones (excluding diaryl/α,β-unsaturated/α-hetero) is 1. The minimum absolute atomic E-state index is 0.0898. The van der Waals surface area contributed by atoms with Crippen molar-refractivity contribution < 1.29 is 9.59 Å². The number of nitrogens with one attached hydrogen (secondary N) is 1. The number of hydrogen-bond donors (Lipinski definition) is 1. The van der Waals surface area contributed by atoms with Gasteiger partial charge in [-0.25, -0.2) is 0 Å². The molecule has 0 unspecified atom stereocenters. The summed E-state index contributed by atoms with van der Waals surface area (Å²) in [4.78, 5) is 37.6. The summed E-state index contributed by atoms with van der Waals surface area (Å²) in [7, 11) is 0. The molecule has 0 atom stereocenters. The van der Waals surface area contributed by atoms with Crippen LogP contribution in [0, 0.1) is 0 Å². The Morgan fingerprint density at radius 3 is 2.18 bits per heavy atom. The molecule has 0 aliphatic heterocycles. The standard InChI is InChI=1S/C27H23BrN2O3/c1-17(31)26-25(21-6-4-3-5-7-21)24-14-22(28)12-13-23(24)27(33)30(26)16-20-10-8-19(9-11-20)15-29-18(2)32/h3-14H,15-16H2,1-2H3,(H,29,32). The number of ketones is 1. The molecule has 0 aliphatic carbocycles. The zero-order valence-corrected chi connectivity index (χ0v) is 20.0. The van der Waals surface area contributed by atoms with E-state index in [1.807, 2.05) is 66.7 Å². The Morgan fingerprint density at radius 1 is 0.879 bits per heavy atom. The first-order valence-corrected chi connectivity index (χ1v) is 11.4. The lowest BCUT2D eigenvalue weighted by Crippen LogP contribution is -2.27. The molecule has 3 aromatic carbocycles. The minimum Gasteiger partial charge on any atom is -0.352 e. The van der Waals surface area contributed by atoms with Crippen molar-refractivity contribution in [2.45, 2.75) is 26.9 Å². The van der Waals surface area contributed by atoms with Crippen molar-refractivity contribution >= 4 is 38.4 Å². The number of rotatable bonds is 6. The first kappa shape index (κ1) is 22.7. The molecule has 33 heavy (non-hydrogen) atoms. The van der Waals surface area contributed by atoms with Crippen LogP contribution in [0.2, 0.25) is 0 Å². The highest BCUT2D eigenvalue weighted by Gasteiger charge is 2.21. The van der Waals surface area contributed by atoms with E-state index in [4.69, 9.17) is 0 Å². The van der Waals surface area contributed by atoms with Crippen LogP contribution in [0.25, 0.3) is 21.9 Å². The third-order valence-electron chi connectivity index (χ3n) is 5.53. The Labute approximate surface area is 200 Å². The summed E-state index contributed by atoms with van der Waals surface area (Å²) in [5.41, 5.74) is 3.67. The average molecular weight is 503 g/mol. The summed E-state index contributed by atoms with van der Waals surface area (Å²) in [6.45, 7) is 3.68. The molecule has 4 rings (SSSR count). The fourth-order valence-corrected chi connectivity index (χ4v) is 4.37. The van der Waals surface area contributed by atoms with E-state index in [-0.39, 0.29) is 23.8 Å². The van der Waals surface area contributed by atoms with E-state index < -0.39 is 0 Å². The second-order valence-electron chi connectivity index (χ2n) is 7.95. The molecule has 0 saturated heterocycles. The number of amides is 1. The SMILES string of the molecule is CC(=O)NCc1ccc(Cn2c(C(C)=O)c(-c3ccccc3)c3cc(Br)ccc3c2=O)cc1. The van der Waals surface area contributed by atoms with Gasteiger partial charge < -0.3 is 5.32 Å². The van der Waals surface area contributed by atoms with Crippen molar-refractivity contribution in [1.82, 2.24) is 9.88 Å². The Hall–Kier alpha value is -3.51. The highest BCUT2D eigenvalue weighted by Crippen LogP contribution is 2.33. The molecular formula is C27H23BrN2O3. The average Bonchev–Trinajstić information content (AvgIpc) is 2.80. The third-order valence-corrected chi connectivity index (χ3v) is 6.03. The van der Waals surface area contributed by atoms with Crippen LogP contribution in [0.5, 0.6) is 0 Å². The van der Waals surface area contributed by atoms with Crippen molar-refractivity contribution in [3.63, 3.8) is 0 Å². The highest BCUT2D eigenvalue weighted by molar-refractivity contribution is 9.10. The Morgan fingerprint density at radius 2 is 1.55 bits per heavy atom. The molecule has 4 aromatic rings. The van der Waals surface area contributed by atoms with Gasteiger partial charge in [-0.3, -0.25) is 19.0 Å². The van der Waals surface area contributed by atoms with Gasteiger partial charge in [-0.15, -0.1) is 0 Å². The van der Waals surface area contributed by atoms with E-state index in [0.717, 1.165) is 32.1 Å². The molecule has 1 heterocycles. The number of fused-ring (bicyclic) bond motifs is 1. The molecule has 1 N–H and O–H groups in total. The Kier molecular flexibility index (Phi) is 6.56. The topological polar surface area (TPSA) is 68.2 Å². The summed E-state index contributed by atoms with van der Waals surface area (Å²) < 4.78 is 2.41. The first-order chi connectivity index (χ1) is 15.8. The van der Waals surface area contributed by atoms with Crippen molar-refractivity contribution in [3.8, 4) is 11.1 Å². The van der Waals surface area contributed by atoms with Crippen molar-refractivity contribution in [2.24, 2.45) is 0 Å². The zero-order valence-electron chi connectivity index (χ0n) is 18.4. The van der Waals surface area contributed by atoms with Gasteiger partial charge in [0.1, 0.15) is 0 Å². The third kappa shape index (κ3) is 4.81. The van der Waals surface area contributed by atoms with Gasteiger partial charge in [0.2, 0.25) is 5.91 Å². The smallest absolute Gasteiger partial charge is 0.259 e. The van der Waals surface area contributed by atoms with Crippen LogP contribution >= 0.6 is 15.9 Å². The number of carbonyl (C=O) groups is 2. The van der Waals surface area contributed by atoms with E-state index in [1.165, 1.54) is 13.8 Å². The lowest BCUT2D eigenvalue weighted by atomic mass is 9.95. The van der Waals surface area contributed by atoms with Crippen LogP contribution < -0.4 is 10.9 Å². The van der Waals surface area contributed by atoms with E-state index in [2.05, 4.69) is 21.2 Å². The molecule has 0 saturated carbocycles. The summed E-state index contributed by atoms with van der Waals surface area (Å²) in [6, 6.07) is 22.9.